The SMILES string of the molecule is CC(=O)O[C@H]1CC(=O)O[C@H]2C[C@H](CC/C(Cl)=C\C/C=C\1C)O[C@H]2[C@H](O)/C=C(\C)CC(=O)O. The van der Waals surface area contributed by atoms with Crippen LogP contribution in [0.1, 0.15) is 59.3 Å². The summed E-state index contributed by atoms with van der Waals surface area (Å²) in [4.78, 5) is 35.1. The maximum Gasteiger partial charge on any atom is 0.310 e. The van der Waals surface area contributed by atoms with Crippen molar-refractivity contribution in [2.75, 3.05) is 0 Å². The average Bonchev–Trinajstić information content (AvgIpc) is 3.06. The molecule has 0 saturated carbocycles. The second-order valence-electron chi connectivity index (χ2n) is 8.24. The summed E-state index contributed by atoms with van der Waals surface area (Å²) in [6, 6.07) is 0. The standard InChI is InChI=1S/C23H31ClO8/c1-13(10-21(27)28)9-18(26)23-20-11-17(31-23)8-7-16(24)6-4-5-14(2)19(30-15(3)25)12-22(29)32-20/h5-6,9,17-20,23,26H,4,7-8,10-12H2,1-3H3,(H,27,28)/b13-9+,14-5-,16-6+/t17-,18+,19-,20-,23-/m0/s1. The number of aliphatic carboxylic acids is 1. The molecule has 0 unspecified atom stereocenters. The van der Waals surface area contributed by atoms with Gasteiger partial charge in [0.2, 0.25) is 0 Å². The van der Waals surface area contributed by atoms with Crippen LogP contribution in [0.2, 0.25) is 0 Å². The van der Waals surface area contributed by atoms with Crippen LogP contribution in [-0.2, 0) is 28.6 Å². The number of hydrogen-bond donors (Lipinski definition) is 2. The zero-order valence-electron chi connectivity index (χ0n) is 18.6. The van der Waals surface area contributed by atoms with E-state index >= 15 is 0 Å². The van der Waals surface area contributed by atoms with E-state index in [0.29, 0.717) is 41.9 Å². The lowest BCUT2D eigenvalue weighted by Crippen LogP contribution is -2.37. The third-order valence-electron chi connectivity index (χ3n) is 5.37. The molecule has 2 bridgehead atoms. The number of hydrogen-bond acceptors (Lipinski definition) is 7. The second kappa shape index (κ2) is 12.2. The molecule has 9 heteroatoms. The lowest BCUT2D eigenvalue weighted by molar-refractivity contribution is -0.159. The topological polar surface area (TPSA) is 119 Å². The smallest absolute Gasteiger partial charge is 0.310 e. The van der Waals surface area contributed by atoms with Crippen molar-refractivity contribution < 1.29 is 38.8 Å². The first kappa shape index (κ1) is 26.1. The Bertz CT molecular complexity index is 800. The van der Waals surface area contributed by atoms with E-state index in [1.165, 1.54) is 13.0 Å². The van der Waals surface area contributed by atoms with E-state index in [4.69, 9.17) is 30.9 Å². The highest BCUT2D eigenvalue weighted by Gasteiger charge is 2.41. The number of esters is 2. The van der Waals surface area contributed by atoms with Gasteiger partial charge in [0.05, 0.1) is 18.9 Å². The van der Waals surface area contributed by atoms with E-state index < -0.39 is 42.3 Å². The summed E-state index contributed by atoms with van der Waals surface area (Å²) in [5.41, 5.74) is 1.17. The number of carboxylic acid groups (broad SMARTS) is 1. The van der Waals surface area contributed by atoms with Gasteiger partial charge in [-0.15, -0.1) is 0 Å². The molecule has 0 aromatic carbocycles. The lowest BCUT2D eigenvalue weighted by atomic mass is 10.0. The molecule has 2 N–H and O–H groups in total. The van der Waals surface area contributed by atoms with Gasteiger partial charge in [-0.3, -0.25) is 14.4 Å². The summed E-state index contributed by atoms with van der Waals surface area (Å²) in [5.74, 6) is -2.10. The van der Waals surface area contributed by atoms with Crippen LogP contribution < -0.4 is 0 Å². The summed E-state index contributed by atoms with van der Waals surface area (Å²) < 4.78 is 16.9. The van der Waals surface area contributed by atoms with Crippen molar-refractivity contribution in [3.63, 3.8) is 0 Å². The van der Waals surface area contributed by atoms with E-state index in [1.807, 2.05) is 12.2 Å². The molecular weight excluding hydrogens is 440 g/mol. The third-order valence-corrected chi connectivity index (χ3v) is 5.71. The molecule has 0 amide bonds. The fraction of sp³-hybridized carbons (Fsp3) is 0.609. The molecule has 2 heterocycles. The maximum atomic E-state index is 12.7. The molecule has 2 aliphatic heterocycles. The van der Waals surface area contributed by atoms with Crippen LogP contribution in [0.15, 0.2) is 34.4 Å². The predicted octanol–water partition coefficient (Wildman–Crippen LogP) is 3.41. The van der Waals surface area contributed by atoms with Crippen molar-refractivity contribution in [3.05, 3.63) is 34.4 Å². The number of fused-ring (bicyclic) bond motifs is 2. The molecule has 0 spiro atoms. The first-order valence-electron chi connectivity index (χ1n) is 10.7. The zero-order valence-corrected chi connectivity index (χ0v) is 19.3. The van der Waals surface area contributed by atoms with E-state index in [9.17, 15) is 19.5 Å². The summed E-state index contributed by atoms with van der Waals surface area (Å²) in [6.45, 7) is 4.64. The second-order valence-corrected chi connectivity index (χ2v) is 8.72. The monoisotopic (exact) mass is 470 g/mol. The molecule has 1 saturated heterocycles. The first-order chi connectivity index (χ1) is 15.0. The summed E-state index contributed by atoms with van der Waals surface area (Å²) in [5, 5.41) is 20.3. The van der Waals surface area contributed by atoms with Crippen LogP contribution in [0.3, 0.4) is 0 Å². The molecule has 5 atom stereocenters. The normalized spacial score (nSPS) is 31.9. The Labute approximate surface area is 192 Å². The number of allylic oxidation sites excluding steroid dienone is 3. The maximum absolute atomic E-state index is 12.7. The van der Waals surface area contributed by atoms with Gasteiger partial charge in [-0.25, -0.2) is 0 Å². The van der Waals surface area contributed by atoms with E-state index in [1.54, 1.807) is 13.8 Å². The average molecular weight is 471 g/mol. The summed E-state index contributed by atoms with van der Waals surface area (Å²) >= 11 is 6.32. The van der Waals surface area contributed by atoms with Crippen LogP contribution in [0, 0.1) is 0 Å². The molecule has 0 aliphatic carbocycles. The molecular formula is C23H31ClO8. The molecule has 1 fully saturated rings. The van der Waals surface area contributed by atoms with Crippen molar-refractivity contribution in [1.82, 2.24) is 0 Å². The highest BCUT2D eigenvalue weighted by molar-refractivity contribution is 6.29. The number of ether oxygens (including phenoxy) is 3. The van der Waals surface area contributed by atoms with Gasteiger partial charge in [0, 0.05) is 18.4 Å². The predicted molar refractivity (Wildman–Crippen MR) is 117 cm³/mol. The number of carbonyl (C=O) groups is 3. The van der Waals surface area contributed by atoms with Crippen LogP contribution in [0.4, 0.5) is 0 Å². The number of aliphatic hydroxyl groups excluding tert-OH is 1. The minimum atomic E-state index is -1.15. The number of carboxylic acids is 1. The Morgan fingerprint density at radius 2 is 2.06 bits per heavy atom. The Morgan fingerprint density at radius 1 is 1.34 bits per heavy atom. The van der Waals surface area contributed by atoms with Crippen LogP contribution >= 0.6 is 11.6 Å². The number of aliphatic hydroxyl groups is 1. The van der Waals surface area contributed by atoms with Gasteiger partial charge in [0.1, 0.15) is 24.4 Å². The highest BCUT2D eigenvalue weighted by atomic mass is 35.5. The Morgan fingerprint density at radius 3 is 2.72 bits per heavy atom. The number of halogens is 1. The van der Waals surface area contributed by atoms with Crippen molar-refractivity contribution in [2.24, 2.45) is 0 Å². The lowest BCUT2D eigenvalue weighted by Gasteiger charge is -2.24. The third kappa shape index (κ3) is 8.41. The zero-order chi connectivity index (χ0) is 23.8. The first-order valence-corrected chi connectivity index (χ1v) is 11.0. The Kier molecular flexibility index (Phi) is 9.93. The fourth-order valence-electron chi connectivity index (χ4n) is 3.81. The van der Waals surface area contributed by atoms with Crippen molar-refractivity contribution in [2.45, 2.75) is 89.8 Å². The highest BCUT2D eigenvalue weighted by Crippen LogP contribution is 2.31. The molecule has 0 radical (unpaired) electrons. The van der Waals surface area contributed by atoms with Gasteiger partial charge in [-0.1, -0.05) is 35.4 Å². The molecule has 8 nitrogen and oxygen atoms in total. The molecule has 2 aliphatic rings. The minimum Gasteiger partial charge on any atom is -0.481 e. The van der Waals surface area contributed by atoms with E-state index in [2.05, 4.69) is 0 Å². The number of carbonyl (C=O) groups excluding carboxylic acids is 2. The van der Waals surface area contributed by atoms with Gasteiger partial charge in [0.25, 0.3) is 0 Å². The van der Waals surface area contributed by atoms with Crippen molar-refractivity contribution in [3.8, 4) is 0 Å². The van der Waals surface area contributed by atoms with Gasteiger partial charge < -0.3 is 24.4 Å². The molecule has 0 aromatic rings. The van der Waals surface area contributed by atoms with Gasteiger partial charge in [-0.05, 0) is 38.7 Å². The van der Waals surface area contributed by atoms with Crippen LogP contribution in [-0.4, -0.2) is 58.6 Å². The van der Waals surface area contributed by atoms with Crippen LogP contribution in [0.25, 0.3) is 0 Å². The van der Waals surface area contributed by atoms with Crippen molar-refractivity contribution in [1.29, 1.82) is 0 Å². The Hall–Kier alpha value is -2.16. The van der Waals surface area contributed by atoms with E-state index in [-0.39, 0.29) is 18.9 Å². The molecule has 0 aromatic heterocycles. The Balaban J connectivity index is 2.25. The van der Waals surface area contributed by atoms with E-state index in [0.717, 1.165) is 0 Å². The summed E-state index contributed by atoms with van der Waals surface area (Å²) in [6.07, 6.45) is 3.01. The number of rotatable bonds is 5. The van der Waals surface area contributed by atoms with Gasteiger partial charge in [-0.2, -0.15) is 0 Å². The van der Waals surface area contributed by atoms with Gasteiger partial charge in [0.15, 0.2) is 0 Å². The quantitative estimate of drug-likeness (QED) is 0.463. The van der Waals surface area contributed by atoms with Gasteiger partial charge >= 0.3 is 17.9 Å². The minimum absolute atomic E-state index is 0.169. The molecule has 2 rings (SSSR count). The molecule has 178 valence electrons. The fourth-order valence-corrected chi connectivity index (χ4v) is 4.01. The largest absolute Gasteiger partial charge is 0.481 e. The summed E-state index contributed by atoms with van der Waals surface area (Å²) in [7, 11) is 0. The molecule has 32 heavy (non-hydrogen) atoms. The van der Waals surface area contributed by atoms with Crippen molar-refractivity contribution >= 4 is 29.5 Å². The van der Waals surface area contributed by atoms with Crippen LogP contribution in [0.5, 0.6) is 0 Å².